The molecule has 0 aromatic carbocycles. The molecule has 0 atom stereocenters. The van der Waals surface area contributed by atoms with Crippen molar-refractivity contribution in [3.63, 3.8) is 0 Å². The molecule has 0 aliphatic carbocycles. The molecule has 0 spiro atoms. The van der Waals surface area contributed by atoms with E-state index in [0.717, 1.165) is 31.1 Å². The van der Waals surface area contributed by atoms with E-state index in [-0.39, 0.29) is 6.04 Å². The zero-order chi connectivity index (χ0) is 11.7. The maximum Gasteiger partial charge on any atom is 0.347 e. The molecule has 1 aromatic heterocycles. The number of nitrogens with zero attached hydrogens (tertiary/aromatic N) is 2. The maximum atomic E-state index is 10.9. The summed E-state index contributed by atoms with van der Waals surface area (Å²) in [5.74, 6) is -0.894. The third-order valence-electron chi connectivity index (χ3n) is 2.79. The molecule has 0 saturated carbocycles. The highest BCUT2D eigenvalue weighted by atomic mass is 32.1. The lowest BCUT2D eigenvalue weighted by molar-refractivity contribution is 0.0701. The van der Waals surface area contributed by atoms with Crippen molar-refractivity contribution in [1.82, 2.24) is 4.98 Å². The average molecular weight is 241 g/mol. The van der Waals surface area contributed by atoms with E-state index in [2.05, 4.69) is 9.88 Å². The highest BCUT2D eigenvalue weighted by Crippen LogP contribution is 2.27. The molecule has 5 nitrogen and oxygen atoms in total. The molecule has 0 amide bonds. The molecule has 1 fully saturated rings. The Kier molecular flexibility index (Phi) is 3.11. The number of piperidine rings is 1. The van der Waals surface area contributed by atoms with Crippen LogP contribution < -0.4 is 10.6 Å². The summed E-state index contributed by atoms with van der Waals surface area (Å²) in [7, 11) is 0. The summed E-state index contributed by atoms with van der Waals surface area (Å²) in [6.45, 7) is 3.47. The molecular weight excluding hydrogens is 226 g/mol. The molecule has 0 bridgehead atoms. The van der Waals surface area contributed by atoms with E-state index >= 15 is 0 Å². The second-order valence-corrected chi connectivity index (χ2v) is 5.02. The van der Waals surface area contributed by atoms with Crippen LogP contribution in [0.15, 0.2) is 0 Å². The summed E-state index contributed by atoms with van der Waals surface area (Å²) in [5, 5.41) is 9.76. The number of rotatable bonds is 2. The van der Waals surface area contributed by atoms with Crippen molar-refractivity contribution in [3.8, 4) is 0 Å². The first-order valence-corrected chi connectivity index (χ1v) is 6.11. The van der Waals surface area contributed by atoms with E-state index in [1.54, 1.807) is 6.92 Å². The molecule has 6 heteroatoms. The second kappa shape index (κ2) is 4.39. The number of hydrogen-bond acceptors (Lipinski definition) is 5. The molecular formula is C10H15N3O2S. The number of hydrogen-bond donors (Lipinski definition) is 2. The van der Waals surface area contributed by atoms with E-state index in [9.17, 15) is 4.79 Å². The molecule has 1 aromatic rings. The minimum atomic E-state index is -0.894. The van der Waals surface area contributed by atoms with Crippen molar-refractivity contribution in [3.05, 3.63) is 10.6 Å². The van der Waals surface area contributed by atoms with Crippen LogP contribution in [0.1, 0.15) is 28.2 Å². The summed E-state index contributed by atoms with van der Waals surface area (Å²) in [5.41, 5.74) is 6.42. The second-order valence-electron chi connectivity index (χ2n) is 4.04. The molecule has 1 aliphatic heterocycles. The predicted molar refractivity (Wildman–Crippen MR) is 63.2 cm³/mol. The van der Waals surface area contributed by atoms with Gasteiger partial charge in [0.1, 0.15) is 4.88 Å². The van der Waals surface area contributed by atoms with Crippen LogP contribution in [0.4, 0.5) is 5.13 Å². The summed E-state index contributed by atoms with van der Waals surface area (Å²) < 4.78 is 0. The Hall–Kier alpha value is -1.14. The van der Waals surface area contributed by atoms with Crippen molar-refractivity contribution < 1.29 is 9.90 Å². The van der Waals surface area contributed by atoms with Gasteiger partial charge in [-0.25, -0.2) is 9.78 Å². The van der Waals surface area contributed by atoms with Gasteiger partial charge in [-0.15, -0.1) is 0 Å². The number of aromatic carboxylic acids is 1. The fourth-order valence-electron chi connectivity index (χ4n) is 1.81. The normalized spacial score (nSPS) is 17.8. The number of aromatic nitrogens is 1. The molecule has 1 saturated heterocycles. The quantitative estimate of drug-likeness (QED) is 0.810. The number of anilines is 1. The van der Waals surface area contributed by atoms with Crippen LogP contribution in [-0.4, -0.2) is 35.2 Å². The number of carbonyl (C=O) groups is 1. The standard InChI is InChI=1S/C10H15N3O2S/c1-6-8(9(14)15)16-10(12-6)13-4-2-7(11)3-5-13/h7H,2-5,11H2,1H3,(H,14,15). The molecule has 0 radical (unpaired) electrons. The smallest absolute Gasteiger partial charge is 0.347 e. The van der Waals surface area contributed by atoms with Gasteiger partial charge in [0.25, 0.3) is 0 Å². The first-order valence-electron chi connectivity index (χ1n) is 5.29. The highest BCUT2D eigenvalue weighted by Gasteiger charge is 2.21. The van der Waals surface area contributed by atoms with Crippen LogP contribution in [0.5, 0.6) is 0 Å². The Morgan fingerprint density at radius 3 is 2.69 bits per heavy atom. The summed E-state index contributed by atoms with van der Waals surface area (Å²) in [6.07, 6.45) is 1.89. The van der Waals surface area contributed by atoms with Gasteiger partial charge in [-0.05, 0) is 19.8 Å². The molecule has 0 unspecified atom stereocenters. The molecule has 1 aliphatic rings. The van der Waals surface area contributed by atoms with Gasteiger partial charge in [-0.1, -0.05) is 11.3 Å². The fraction of sp³-hybridized carbons (Fsp3) is 0.600. The molecule has 3 N–H and O–H groups in total. The van der Waals surface area contributed by atoms with Gasteiger partial charge >= 0.3 is 5.97 Å². The minimum Gasteiger partial charge on any atom is -0.477 e. The van der Waals surface area contributed by atoms with E-state index in [1.807, 2.05) is 0 Å². The lowest BCUT2D eigenvalue weighted by Crippen LogP contribution is -2.39. The topological polar surface area (TPSA) is 79.5 Å². The lowest BCUT2D eigenvalue weighted by atomic mass is 10.1. The largest absolute Gasteiger partial charge is 0.477 e. The average Bonchev–Trinajstić information content (AvgIpc) is 2.61. The number of carboxylic acids is 1. The molecule has 2 heterocycles. The van der Waals surface area contributed by atoms with Crippen LogP contribution in [0.2, 0.25) is 0 Å². The zero-order valence-electron chi connectivity index (χ0n) is 9.14. The third-order valence-corrected chi connectivity index (χ3v) is 4.00. The Bertz CT molecular complexity index is 397. The van der Waals surface area contributed by atoms with Gasteiger partial charge in [0.05, 0.1) is 5.69 Å². The number of aryl methyl sites for hydroxylation is 1. The lowest BCUT2D eigenvalue weighted by Gasteiger charge is -2.29. The first-order chi connectivity index (χ1) is 7.58. The number of nitrogens with two attached hydrogens (primary N) is 1. The van der Waals surface area contributed by atoms with Crippen LogP contribution in [0, 0.1) is 6.92 Å². The Labute approximate surface area is 97.9 Å². The molecule has 2 rings (SSSR count). The van der Waals surface area contributed by atoms with Gasteiger partial charge in [0.2, 0.25) is 0 Å². The van der Waals surface area contributed by atoms with Crippen LogP contribution in [0.3, 0.4) is 0 Å². The van der Waals surface area contributed by atoms with Crippen LogP contribution >= 0.6 is 11.3 Å². The van der Waals surface area contributed by atoms with Gasteiger partial charge in [0.15, 0.2) is 5.13 Å². The first kappa shape index (κ1) is 11.3. The SMILES string of the molecule is Cc1nc(N2CCC(N)CC2)sc1C(=O)O. The maximum absolute atomic E-state index is 10.9. The highest BCUT2D eigenvalue weighted by molar-refractivity contribution is 7.17. The van der Waals surface area contributed by atoms with Crippen molar-refractivity contribution in [1.29, 1.82) is 0 Å². The zero-order valence-corrected chi connectivity index (χ0v) is 9.96. The Morgan fingerprint density at radius 2 is 2.19 bits per heavy atom. The van der Waals surface area contributed by atoms with Crippen LogP contribution in [-0.2, 0) is 0 Å². The summed E-state index contributed by atoms with van der Waals surface area (Å²) in [4.78, 5) is 17.7. The van der Waals surface area contributed by atoms with E-state index < -0.39 is 5.97 Å². The number of thiazole rings is 1. The van der Waals surface area contributed by atoms with Crippen LogP contribution in [0.25, 0.3) is 0 Å². The van der Waals surface area contributed by atoms with E-state index in [0.29, 0.717) is 10.6 Å². The van der Waals surface area contributed by atoms with E-state index in [1.165, 1.54) is 11.3 Å². The van der Waals surface area contributed by atoms with Crippen molar-refractivity contribution >= 4 is 22.4 Å². The van der Waals surface area contributed by atoms with Gasteiger partial charge < -0.3 is 15.7 Å². The Balaban J connectivity index is 2.15. The van der Waals surface area contributed by atoms with Gasteiger partial charge in [-0.2, -0.15) is 0 Å². The Morgan fingerprint density at radius 1 is 1.56 bits per heavy atom. The van der Waals surface area contributed by atoms with Crippen molar-refractivity contribution in [2.24, 2.45) is 5.73 Å². The van der Waals surface area contributed by atoms with Gasteiger partial charge in [0, 0.05) is 19.1 Å². The minimum absolute atomic E-state index is 0.274. The predicted octanol–water partition coefficient (Wildman–Crippen LogP) is 1.08. The van der Waals surface area contributed by atoms with Crippen molar-refractivity contribution in [2.75, 3.05) is 18.0 Å². The molecule has 16 heavy (non-hydrogen) atoms. The number of carboxylic acid groups (broad SMARTS) is 1. The third kappa shape index (κ3) is 2.17. The summed E-state index contributed by atoms with van der Waals surface area (Å²) >= 11 is 1.25. The summed E-state index contributed by atoms with van der Waals surface area (Å²) in [6, 6.07) is 0.274. The monoisotopic (exact) mass is 241 g/mol. The fourth-order valence-corrected chi connectivity index (χ4v) is 2.76. The molecule has 88 valence electrons. The van der Waals surface area contributed by atoms with Gasteiger partial charge in [-0.3, -0.25) is 0 Å². The van der Waals surface area contributed by atoms with Crippen molar-refractivity contribution in [2.45, 2.75) is 25.8 Å². The van der Waals surface area contributed by atoms with E-state index in [4.69, 9.17) is 10.8 Å².